The molecule has 0 saturated heterocycles. The molecule has 1 aliphatic rings. The van der Waals surface area contributed by atoms with Gasteiger partial charge in [0.25, 0.3) is 0 Å². The number of hydrogen-bond donors (Lipinski definition) is 1. The summed E-state index contributed by atoms with van der Waals surface area (Å²) in [7, 11) is 0. The Kier molecular flexibility index (Phi) is 4.25. The van der Waals surface area contributed by atoms with E-state index < -0.39 is 0 Å². The maximum absolute atomic E-state index is 5.86. The first-order valence-corrected chi connectivity index (χ1v) is 6.62. The fourth-order valence-electron chi connectivity index (χ4n) is 1.99. The third kappa shape index (κ3) is 3.80. The van der Waals surface area contributed by atoms with E-state index in [1.807, 2.05) is 12.1 Å². The first-order chi connectivity index (χ1) is 7.75. The number of rotatable bonds is 6. The van der Waals surface area contributed by atoms with Crippen LogP contribution in [-0.4, -0.2) is 6.54 Å². The van der Waals surface area contributed by atoms with Crippen LogP contribution in [0, 0.1) is 5.92 Å². The molecule has 0 aliphatic heterocycles. The van der Waals surface area contributed by atoms with E-state index in [2.05, 4.69) is 24.4 Å². The summed E-state index contributed by atoms with van der Waals surface area (Å²) < 4.78 is 0. The quantitative estimate of drug-likeness (QED) is 0.732. The molecule has 0 heterocycles. The summed E-state index contributed by atoms with van der Waals surface area (Å²) in [4.78, 5) is 0. The van der Waals surface area contributed by atoms with Crippen molar-refractivity contribution in [2.75, 3.05) is 6.54 Å². The molecule has 1 nitrogen and oxygen atoms in total. The average Bonchev–Trinajstić information content (AvgIpc) is 3.09. The summed E-state index contributed by atoms with van der Waals surface area (Å²) in [5.74, 6) is 1.05. The molecule has 1 aliphatic carbocycles. The molecule has 1 unspecified atom stereocenters. The molecule has 0 amide bonds. The lowest BCUT2D eigenvalue weighted by Gasteiger charge is -2.14. The summed E-state index contributed by atoms with van der Waals surface area (Å²) in [6.07, 6.45) is 5.64. The van der Waals surface area contributed by atoms with Crippen LogP contribution >= 0.6 is 11.6 Å². The molecule has 1 aromatic carbocycles. The highest BCUT2D eigenvalue weighted by molar-refractivity contribution is 6.30. The molecule has 16 heavy (non-hydrogen) atoms. The van der Waals surface area contributed by atoms with Gasteiger partial charge in [-0.1, -0.05) is 36.6 Å². The van der Waals surface area contributed by atoms with E-state index >= 15 is 0 Å². The minimum absolute atomic E-state index is 0.427. The van der Waals surface area contributed by atoms with Crippen LogP contribution in [0.1, 0.15) is 44.2 Å². The highest BCUT2D eigenvalue weighted by Gasteiger charge is 2.20. The van der Waals surface area contributed by atoms with Crippen molar-refractivity contribution in [2.24, 2.45) is 5.92 Å². The zero-order valence-electron chi connectivity index (χ0n) is 9.88. The van der Waals surface area contributed by atoms with Crippen molar-refractivity contribution in [2.45, 2.75) is 38.6 Å². The molecule has 0 bridgehead atoms. The third-order valence-corrected chi connectivity index (χ3v) is 3.56. The first-order valence-electron chi connectivity index (χ1n) is 6.24. The van der Waals surface area contributed by atoms with Gasteiger partial charge in [-0.3, -0.25) is 0 Å². The van der Waals surface area contributed by atoms with Gasteiger partial charge in [-0.05, 0) is 49.9 Å². The van der Waals surface area contributed by atoms with E-state index in [4.69, 9.17) is 11.6 Å². The second kappa shape index (κ2) is 5.70. The third-order valence-electron chi connectivity index (χ3n) is 3.31. The van der Waals surface area contributed by atoms with Crippen LogP contribution in [0.15, 0.2) is 24.3 Å². The van der Waals surface area contributed by atoms with Crippen LogP contribution in [0.2, 0.25) is 5.02 Å². The highest BCUT2D eigenvalue weighted by atomic mass is 35.5. The van der Waals surface area contributed by atoms with Crippen molar-refractivity contribution < 1.29 is 0 Å². The minimum atomic E-state index is 0.427. The van der Waals surface area contributed by atoms with E-state index in [0.717, 1.165) is 17.5 Å². The van der Waals surface area contributed by atoms with Crippen LogP contribution in [0.4, 0.5) is 0 Å². The zero-order valence-corrected chi connectivity index (χ0v) is 10.6. The van der Waals surface area contributed by atoms with Gasteiger partial charge >= 0.3 is 0 Å². The molecule has 1 fully saturated rings. The van der Waals surface area contributed by atoms with Crippen molar-refractivity contribution in [1.29, 1.82) is 0 Å². The summed E-state index contributed by atoms with van der Waals surface area (Å²) >= 11 is 5.86. The Labute approximate surface area is 103 Å². The van der Waals surface area contributed by atoms with Crippen LogP contribution in [0.25, 0.3) is 0 Å². The van der Waals surface area contributed by atoms with Gasteiger partial charge in [-0.2, -0.15) is 0 Å². The summed E-state index contributed by atoms with van der Waals surface area (Å²) in [6.45, 7) is 3.33. The van der Waals surface area contributed by atoms with Crippen molar-refractivity contribution in [1.82, 2.24) is 5.32 Å². The van der Waals surface area contributed by atoms with Crippen LogP contribution in [-0.2, 0) is 0 Å². The summed E-state index contributed by atoms with van der Waals surface area (Å²) in [5, 5.41) is 4.37. The van der Waals surface area contributed by atoms with Crippen LogP contribution < -0.4 is 5.32 Å². The predicted molar refractivity (Wildman–Crippen MR) is 69.8 cm³/mol. The van der Waals surface area contributed by atoms with Crippen LogP contribution in [0.3, 0.4) is 0 Å². The normalized spacial score (nSPS) is 17.4. The Bertz CT molecular complexity index is 316. The van der Waals surface area contributed by atoms with E-state index in [9.17, 15) is 0 Å². The fraction of sp³-hybridized carbons (Fsp3) is 0.571. The van der Waals surface area contributed by atoms with E-state index in [0.29, 0.717) is 6.04 Å². The lowest BCUT2D eigenvalue weighted by molar-refractivity contribution is 0.533. The largest absolute Gasteiger partial charge is 0.310 e. The van der Waals surface area contributed by atoms with Crippen molar-refractivity contribution >= 4 is 11.6 Å². The molecule has 1 N–H and O–H groups in total. The molecule has 2 rings (SSSR count). The molecule has 0 spiro atoms. The maximum atomic E-state index is 5.86. The first kappa shape index (κ1) is 11.9. The number of halogens is 1. The summed E-state index contributed by atoms with van der Waals surface area (Å²) in [6, 6.07) is 8.54. The lowest BCUT2D eigenvalue weighted by Crippen LogP contribution is -2.19. The number of nitrogens with one attached hydrogen (secondary N) is 1. The van der Waals surface area contributed by atoms with Gasteiger partial charge in [0, 0.05) is 11.1 Å². The van der Waals surface area contributed by atoms with Gasteiger partial charge in [0.05, 0.1) is 0 Å². The Hall–Kier alpha value is -0.530. The molecule has 1 aromatic rings. The molecule has 0 aromatic heterocycles. The van der Waals surface area contributed by atoms with E-state index in [-0.39, 0.29) is 0 Å². The topological polar surface area (TPSA) is 12.0 Å². The molecular formula is C14H20ClN. The maximum Gasteiger partial charge on any atom is 0.0406 e. The van der Waals surface area contributed by atoms with Gasteiger partial charge in [0.2, 0.25) is 0 Å². The molecule has 88 valence electrons. The fourth-order valence-corrected chi connectivity index (χ4v) is 2.11. The standard InChI is InChI=1S/C14H20ClN/c1-11(13-6-8-14(15)9-7-13)16-10-2-3-12-4-5-12/h6-9,11-12,16H,2-5,10H2,1H3. The van der Waals surface area contributed by atoms with Gasteiger partial charge in [0.1, 0.15) is 0 Å². The molecule has 0 radical (unpaired) electrons. The SMILES string of the molecule is CC(NCCCC1CC1)c1ccc(Cl)cc1. The Morgan fingerprint density at radius 1 is 1.31 bits per heavy atom. The van der Waals surface area contributed by atoms with Gasteiger partial charge in [-0.15, -0.1) is 0 Å². The van der Waals surface area contributed by atoms with Crippen molar-refractivity contribution in [3.63, 3.8) is 0 Å². The summed E-state index contributed by atoms with van der Waals surface area (Å²) in [5.41, 5.74) is 1.32. The predicted octanol–water partition coefficient (Wildman–Crippen LogP) is 4.18. The number of benzene rings is 1. The van der Waals surface area contributed by atoms with E-state index in [1.54, 1.807) is 0 Å². The average molecular weight is 238 g/mol. The Balaban J connectivity index is 1.69. The monoisotopic (exact) mass is 237 g/mol. The minimum Gasteiger partial charge on any atom is -0.310 e. The number of hydrogen-bond acceptors (Lipinski definition) is 1. The van der Waals surface area contributed by atoms with Crippen LogP contribution in [0.5, 0.6) is 0 Å². The highest BCUT2D eigenvalue weighted by Crippen LogP contribution is 2.33. The molecule has 1 saturated carbocycles. The Morgan fingerprint density at radius 3 is 2.62 bits per heavy atom. The van der Waals surface area contributed by atoms with Gasteiger partial charge in [0.15, 0.2) is 0 Å². The van der Waals surface area contributed by atoms with Gasteiger partial charge in [-0.25, -0.2) is 0 Å². The zero-order chi connectivity index (χ0) is 11.4. The second-order valence-electron chi connectivity index (χ2n) is 4.81. The molecular weight excluding hydrogens is 218 g/mol. The molecule has 2 heteroatoms. The van der Waals surface area contributed by atoms with Gasteiger partial charge < -0.3 is 5.32 Å². The smallest absolute Gasteiger partial charge is 0.0406 e. The Morgan fingerprint density at radius 2 is 2.00 bits per heavy atom. The lowest BCUT2D eigenvalue weighted by atomic mass is 10.1. The van der Waals surface area contributed by atoms with E-state index in [1.165, 1.54) is 31.2 Å². The molecule has 1 atom stereocenters. The second-order valence-corrected chi connectivity index (χ2v) is 5.25. The van der Waals surface area contributed by atoms with Crippen molar-refractivity contribution in [3.8, 4) is 0 Å². The van der Waals surface area contributed by atoms with Crippen molar-refractivity contribution in [3.05, 3.63) is 34.9 Å².